The predicted molar refractivity (Wildman–Crippen MR) is 127 cm³/mol. The largest absolute Gasteiger partial charge is 0.349 e. The summed E-state index contributed by atoms with van der Waals surface area (Å²) < 4.78 is 2.89. The lowest BCUT2D eigenvalue weighted by atomic mass is 10.1. The number of amides is 1. The van der Waals surface area contributed by atoms with Gasteiger partial charge in [-0.05, 0) is 55.7 Å². The lowest BCUT2D eigenvalue weighted by molar-refractivity contribution is -0.112. The molecule has 3 aromatic rings. The monoisotopic (exact) mass is 462 g/mol. The summed E-state index contributed by atoms with van der Waals surface area (Å²) in [4.78, 5) is 12.6. The van der Waals surface area contributed by atoms with Crippen LogP contribution >= 0.6 is 23.1 Å². The third-order valence-electron chi connectivity index (χ3n) is 4.80. The van der Waals surface area contributed by atoms with Crippen LogP contribution in [0, 0.1) is 36.5 Å². The van der Waals surface area contributed by atoms with E-state index < -0.39 is 5.91 Å². The Bertz CT molecular complexity index is 1220. The van der Waals surface area contributed by atoms with Gasteiger partial charge in [0.2, 0.25) is 5.13 Å². The molecule has 0 radical (unpaired) electrons. The quantitative estimate of drug-likeness (QED) is 0.217. The number of thioether (sulfide) groups is 1. The Hall–Kier alpha value is -3.40. The van der Waals surface area contributed by atoms with Crippen LogP contribution in [-0.2, 0) is 17.1 Å². The minimum Gasteiger partial charge on any atom is -0.349 e. The highest BCUT2D eigenvalue weighted by molar-refractivity contribution is 8.00. The molecule has 0 atom stereocenters. The first-order valence-corrected chi connectivity index (χ1v) is 11.8. The van der Waals surface area contributed by atoms with E-state index in [0.29, 0.717) is 20.8 Å². The SMILES string of the molecule is CCCn1c(C)cc(/C=C(\C#N)C(=O)Nc2nnc(SCc3ccc(C#N)cc3)s2)c1C. The van der Waals surface area contributed by atoms with E-state index in [0.717, 1.165) is 35.5 Å². The minimum atomic E-state index is -0.507. The summed E-state index contributed by atoms with van der Waals surface area (Å²) in [6.45, 7) is 7.02. The fourth-order valence-electron chi connectivity index (χ4n) is 3.15. The van der Waals surface area contributed by atoms with E-state index in [2.05, 4.69) is 33.1 Å². The first-order chi connectivity index (χ1) is 15.4. The van der Waals surface area contributed by atoms with Crippen molar-refractivity contribution in [1.82, 2.24) is 14.8 Å². The summed E-state index contributed by atoms with van der Waals surface area (Å²) in [6, 6.07) is 13.4. The summed E-state index contributed by atoms with van der Waals surface area (Å²) in [5.41, 5.74) is 4.68. The lowest BCUT2D eigenvalue weighted by Gasteiger charge is -2.07. The second-order valence-corrected chi connectivity index (χ2v) is 9.27. The third-order valence-corrected chi connectivity index (χ3v) is 6.84. The molecule has 1 aromatic carbocycles. The number of nitriles is 2. The maximum absolute atomic E-state index is 12.6. The number of carbonyl (C=O) groups excluding carboxylic acids is 1. The number of carbonyl (C=O) groups is 1. The van der Waals surface area contributed by atoms with Crippen LogP contribution in [0.25, 0.3) is 6.08 Å². The standard InChI is InChI=1S/C23H22N6OS2/c1-4-9-29-15(2)10-19(16(29)3)11-20(13-25)21(30)26-22-27-28-23(32-22)31-14-18-7-5-17(12-24)6-8-18/h5-8,10-11H,4,9,14H2,1-3H3,(H,26,27,30)/b20-11+. The van der Waals surface area contributed by atoms with Gasteiger partial charge in [-0.25, -0.2) is 0 Å². The number of aryl methyl sites for hydroxylation is 1. The highest BCUT2D eigenvalue weighted by Gasteiger charge is 2.15. The van der Waals surface area contributed by atoms with Crippen LogP contribution in [0.5, 0.6) is 0 Å². The molecule has 0 aliphatic carbocycles. The predicted octanol–water partition coefficient (Wildman–Crippen LogP) is 5.08. The van der Waals surface area contributed by atoms with Crippen molar-refractivity contribution in [2.45, 2.75) is 43.8 Å². The van der Waals surface area contributed by atoms with E-state index in [1.807, 2.05) is 38.1 Å². The van der Waals surface area contributed by atoms with Crippen molar-refractivity contribution >= 4 is 40.2 Å². The molecule has 3 rings (SSSR count). The Morgan fingerprint density at radius 3 is 2.66 bits per heavy atom. The fourth-order valence-corrected chi connectivity index (χ4v) is 4.85. The molecular weight excluding hydrogens is 440 g/mol. The molecule has 162 valence electrons. The van der Waals surface area contributed by atoms with Gasteiger partial charge in [0, 0.05) is 23.7 Å². The van der Waals surface area contributed by atoms with Gasteiger partial charge in [0.15, 0.2) is 4.34 Å². The zero-order chi connectivity index (χ0) is 23.1. The molecule has 32 heavy (non-hydrogen) atoms. The van der Waals surface area contributed by atoms with Crippen LogP contribution in [0.1, 0.15) is 41.4 Å². The normalized spacial score (nSPS) is 11.1. The molecular formula is C23H22N6OS2. The van der Waals surface area contributed by atoms with Gasteiger partial charge < -0.3 is 4.57 Å². The van der Waals surface area contributed by atoms with Crippen molar-refractivity contribution in [3.63, 3.8) is 0 Å². The number of rotatable bonds is 8. The molecule has 2 aromatic heterocycles. The van der Waals surface area contributed by atoms with Crippen molar-refractivity contribution in [3.05, 3.63) is 64.0 Å². The van der Waals surface area contributed by atoms with E-state index in [-0.39, 0.29) is 5.57 Å². The molecule has 0 aliphatic rings. The zero-order valence-electron chi connectivity index (χ0n) is 18.0. The highest BCUT2D eigenvalue weighted by atomic mass is 32.2. The van der Waals surface area contributed by atoms with Crippen LogP contribution in [0.3, 0.4) is 0 Å². The number of benzene rings is 1. The molecule has 7 nitrogen and oxygen atoms in total. The Morgan fingerprint density at radius 2 is 2.00 bits per heavy atom. The topological polar surface area (TPSA) is 107 Å². The van der Waals surface area contributed by atoms with E-state index >= 15 is 0 Å². The van der Waals surface area contributed by atoms with Gasteiger partial charge in [0.05, 0.1) is 11.6 Å². The molecule has 1 N–H and O–H groups in total. The summed E-state index contributed by atoms with van der Waals surface area (Å²) in [5, 5.41) is 29.5. The molecule has 0 saturated heterocycles. The Morgan fingerprint density at radius 1 is 1.25 bits per heavy atom. The molecule has 1 amide bonds. The van der Waals surface area contributed by atoms with Crippen LogP contribution in [0.2, 0.25) is 0 Å². The molecule has 2 heterocycles. The number of nitrogens with one attached hydrogen (secondary N) is 1. The van der Waals surface area contributed by atoms with E-state index in [4.69, 9.17) is 5.26 Å². The van der Waals surface area contributed by atoms with Crippen molar-refractivity contribution in [2.24, 2.45) is 0 Å². The average molecular weight is 463 g/mol. The second kappa shape index (κ2) is 10.8. The molecule has 0 bridgehead atoms. The second-order valence-electron chi connectivity index (χ2n) is 7.07. The van der Waals surface area contributed by atoms with Crippen molar-refractivity contribution < 1.29 is 4.79 Å². The highest BCUT2D eigenvalue weighted by Crippen LogP contribution is 2.28. The van der Waals surface area contributed by atoms with Crippen LogP contribution in [0.4, 0.5) is 5.13 Å². The smallest absolute Gasteiger partial charge is 0.268 e. The van der Waals surface area contributed by atoms with Gasteiger partial charge in [-0.15, -0.1) is 10.2 Å². The number of aromatic nitrogens is 3. The van der Waals surface area contributed by atoms with Gasteiger partial charge >= 0.3 is 0 Å². The molecule has 0 aliphatic heterocycles. The Balaban J connectivity index is 1.65. The maximum Gasteiger partial charge on any atom is 0.268 e. The Labute approximate surface area is 195 Å². The lowest BCUT2D eigenvalue weighted by Crippen LogP contribution is -2.13. The third kappa shape index (κ3) is 5.64. The number of nitrogens with zero attached hydrogens (tertiary/aromatic N) is 5. The number of anilines is 1. The summed E-state index contributed by atoms with van der Waals surface area (Å²) >= 11 is 2.75. The summed E-state index contributed by atoms with van der Waals surface area (Å²) in [6.07, 6.45) is 2.62. The van der Waals surface area contributed by atoms with E-state index in [1.165, 1.54) is 23.1 Å². The van der Waals surface area contributed by atoms with Crippen molar-refractivity contribution in [2.75, 3.05) is 5.32 Å². The molecule has 9 heteroatoms. The molecule has 0 fully saturated rings. The number of hydrogen-bond donors (Lipinski definition) is 1. The first kappa shape index (κ1) is 23.3. The van der Waals surface area contributed by atoms with Crippen molar-refractivity contribution in [1.29, 1.82) is 10.5 Å². The van der Waals surface area contributed by atoms with Gasteiger partial charge in [-0.2, -0.15) is 10.5 Å². The average Bonchev–Trinajstić information content (AvgIpc) is 3.35. The van der Waals surface area contributed by atoms with Gasteiger partial charge in [-0.1, -0.05) is 42.2 Å². The van der Waals surface area contributed by atoms with E-state index in [9.17, 15) is 10.1 Å². The summed E-state index contributed by atoms with van der Waals surface area (Å²) in [7, 11) is 0. The molecule has 0 spiro atoms. The first-order valence-electron chi connectivity index (χ1n) is 10.00. The molecule has 0 unspecified atom stereocenters. The van der Waals surface area contributed by atoms with Gasteiger partial charge in [0.25, 0.3) is 5.91 Å². The fraction of sp³-hybridized carbons (Fsp3) is 0.261. The maximum atomic E-state index is 12.6. The molecule has 0 saturated carbocycles. The van der Waals surface area contributed by atoms with Crippen LogP contribution in [-0.4, -0.2) is 20.7 Å². The minimum absolute atomic E-state index is 0.0173. The van der Waals surface area contributed by atoms with Crippen molar-refractivity contribution in [3.8, 4) is 12.1 Å². The Kier molecular flexibility index (Phi) is 7.82. The van der Waals surface area contributed by atoms with Gasteiger partial charge in [-0.3, -0.25) is 10.1 Å². The van der Waals surface area contributed by atoms with E-state index in [1.54, 1.807) is 18.2 Å². The van der Waals surface area contributed by atoms with Gasteiger partial charge in [0.1, 0.15) is 11.6 Å². The number of hydrogen-bond acceptors (Lipinski definition) is 7. The van der Waals surface area contributed by atoms with Crippen LogP contribution < -0.4 is 5.32 Å². The summed E-state index contributed by atoms with van der Waals surface area (Å²) in [5.74, 6) is 0.165. The zero-order valence-corrected chi connectivity index (χ0v) is 19.7. The van der Waals surface area contributed by atoms with Crippen LogP contribution in [0.15, 0.2) is 40.2 Å².